The maximum atomic E-state index is 9.29. The highest BCUT2D eigenvalue weighted by atomic mass is 16.5. The molecule has 0 amide bonds. The summed E-state index contributed by atoms with van der Waals surface area (Å²) in [6, 6.07) is 0. The van der Waals surface area contributed by atoms with E-state index < -0.39 is 0 Å². The van der Waals surface area contributed by atoms with E-state index in [0.717, 1.165) is 39.0 Å². The molecule has 0 heterocycles. The molecule has 0 saturated carbocycles. The standard InChI is InChI=1S/C10H22N2O/c1-4-7-11(3)9-6-10-12(13)8-5-2/h4,13H,1,5-10H2,2-3H3. The molecule has 78 valence electrons. The maximum Gasteiger partial charge on any atom is 0.0250 e. The number of hydroxylamine groups is 2. The minimum Gasteiger partial charge on any atom is -0.314 e. The first-order chi connectivity index (χ1) is 6.20. The van der Waals surface area contributed by atoms with E-state index in [0.29, 0.717) is 0 Å². The molecule has 0 aromatic rings. The molecule has 0 saturated heterocycles. The fourth-order valence-electron chi connectivity index (χ4n) is 1.20. The van der Waals surface area contributed by atoms with Crippen molar-refractivity contribution in [3.63, 3.8) is 0 Å². The van der Waals surface area contributed by atoms with Crippen molar-refractivity contribution in [1.29, 1.82) is 0 Å². The van der Waals surface area contributed by atoms with Crippen LogP contribution in [0.5, 0.6) is 0 Å². The Kier molecular flexibility index (Phi) is 7.99. The van der Waals surface area contributed by atoms with Crippen molar-refractivity contribution in [3.05, 3.63) is 12.7 Å². The maximum absolute atomic E-state index is 9.29. The number of hydrogen-bond acceptors (Lipinski definition) is 3. The molecule has 0 rings (SSSR count). The van der Waals surface area contributed by atoms with Crippen LogP contribution in [-0.4, -0.2) is 48.4 Å². The summed E-state index contributed by atoms with van der Waals surface area (Å²) in [6.45, 7) is 9.19. The van der Waals surface area contributed by atoms with E-state index in [1.807, 2.05) is 6.08 Å². The van der Waals surface area contributed by atoms with Gasteiger partial charge >= 0.3 is 0 Å². The predicted octanol–water partition coefficient (Wildman–Crippen LogP) is 1.60. The SMILES string of the molecule is C=CCN(C)CCCN(O)CCC. The molecule has 0 spiro atoms. The van der Waals surface area contributed by atoms with Crippen molar-refractivity contribution in [2.75, 3.05) is 33.2 Å². The molecule has 0 unspecified atom stereocenters. The molecule has 0 aliphatic heterocycles. The van der Waals surface area contributed by atoms with E-state index in [1.54, 1.807) is 0 Å². The van der Waals surface area contributed by atoms with Crippen LogP contribution in [0.3, 0.4) is 0 Å². The Hall–Kier alpha value is -0.380. The normalized spacial score (nSPS) is 11.2. The van der Waals surface area contributed by atoms with Gasteiger partial charge in [0.15, 0.2) is 0 Å². The third-order valence-electron chi connectivity index (χ3n) is 1.88. The molecule has 0 aliphatic rings. The first-order valence-electron chi connectivity index (χ1n) is 4.94. The van der Waals surface area contributed by atoms with Gasteiger partial charge in [0.1, 0.15) is 0 Å². The van der Waals surface area contributed by atoms with Crippen LogP contribution in [0.1, 0.15) is 19.8 Å². The topological polar surface area (TPSA) is 26.7 Å². The van der Waals surface area contributed by atoms with Gasteiger partial charge in [-0.05, 0) is 26.4 Å². The van der Waals surface area contributed by atoms with Gasteiger partial charge < -0.3 is 10.1 Å². The molecule has 1 N–H and O–H groups in total. The van der Waals surface area contributed by atoms with Gasteiger partial charge in [-0.15, -0.1) is 6.58 Å². The van der Waals surface area contributed by atoms with E-state index in [1.165, 1.54) is 5.06 Å². The summed E-state index contributed by atoms with van der Waals surface area (Å²) in [7, 11) is 2.06. The van der Waals surface area contributed by atoms with Crippen LogP contribution < -0.4 is 0 Å². The molecule has 0 fully saturated rings. The third-order valence-corrected chi connectivity index (χ3v) is 1.88. The van der Waals surface area contributed by atoms with E-state index >= 15 is 0 Å². The second kappa shape index (κ2) is 8.23. The van der Waals surface area contributed by atoms with Crippen LogP contribution in [0.25, 0.3) is 0 Å². The molecule has 3 heteroatoms. The smallest absolute Gasteiger partial charge is 0.0250 e. The summed E-state index contributed by atoms with van der Waals surface area (Å²) in [6.07, 6.45) is 3.89. The van der Waals surface area contributed by atoms with Crippen LogP contribution in [0.2, 0.25) is 0 Å². The molecule has 0 aromatic carbocycles. The fraction of sp³-hybridized carbons (Fsp3) is 0.800. The summed E-state index contributed by atoms with van der Waals surface area (Å²) in [5, 5.41) is 10.7. The van der Waals surface area contributed by atoms with Crippen molar-refractivity contribution >= 4 is 0 Å². The first kappa shape index (κ1) is 12.6. The summed E-state index contributed by atoms with van der Waals surface area (Å²) >= 11 is 0. The van der Waals surface area contributed by atoms with Gasteiger partial charge in [0.2, 0.25) is 0 Å². The van der Waals surface area contributed by atoms with Gasteiger partial charge in [-0.3, -0.25) is 0 Å². The Labute approximate surface area is 81.6 Å². The Morgan fingerprint density at radius 3 is 2.54 bits per heavy atom. The lowest BCUT2D eigenvalue weighted by molar-refractivity contribution is -0.0917. The highest BCUT2D eigenvalue weighted by Gasteiger charge is 1.99. The van der Waals surface area contributed by atoms with Crippen LogP contribution in [-0.2, 0) is 0 Å². The second-order valence-corrected chi connectivity index (χ2v) is 3.36. The zero-order chi connectivity index (χ0) is 10.1. The molecular weight excluding hydrogens is 164 g/mol. The van der Waals surface area contributed by atoms with Crippen LogP contribution in [0.15, 0.2) is 12.7 Å². The summed E-state index contributed by atoms with van der Waals surface area (Å²) in [5.74, 6) is 0. The van der Waals surface area contributed by atoms with Crippen molar-refractivity contribution in [2.45, 2.75) is 19.8 Å². The molecule has 0 radical (unpaired) electrons. The minimum absolute atomic E-state index is 0.759. The van der Waals surface area contributed by atoms with Gasteiger partial charge in [-0.1, -0.05) is 13.0 Å². The number of nitrogens with zero attached hydrogens (tertiary/aromatic N) is 2. The van der Waals surface area contributed by atoms with E-state index in [9.17, 15) is 5.21 Å². The van der Waals surface area contributed by atoms with Crippen LogP contribution in [0, 0.1) is 0 Å². The van der Waals surface area contributed by atoms with Crippen molar-refractivity contribution in [2.24, 2.45) is 0 Å². The highest BCUT2D eigenvalue weighted by Crippen LogP contribution is 1.92. The lowest BCUT2D eigenvalue weighted by atomic mass is 10.3. The molecule has 0 bridgehead atoms. The number of rotatable bonds is 8. The Bertz CT molecular complexity index is 128. The van der Waals surface area contributed by atoms with E-state index in [2.05, 4.69) is 25.5 Å². The Morgan fingerprint density at radius 2 is 2.00 bits per heavy atom. The molecule has 3 nitrogen and oxygen atoms in total. The second-order valence-electron chi connectivity index (χ2n) is 3.36. The molecule has 13 heavy (non-hydrogen) atoms. The summed E-state index contributed by atoms with van der Waals surface area (Å²) < 4.78 is 0. The average Bonchev–Trinajstić information content (AvgIpc) is 2.05. The number of likely N-dealkylation sites (N-methyl/N-ethyl adjacent to an activating group) is 1. The van der Waals surface area contributed by atoms with Gasteiger partial charge in [0.25, 0.3) is 0 Å². The van der Waals surface area contributed by atoms with E-state index in [4.69, 9.17) is 0 Å². The monoisotopic (exact) mass is 186 g/mol. The van der Waals surface area contributed by atoms with E-state index in [-0.39, 0.29) is 0 Å². The summed E-state index contributed by atoms with van der Waals surface area (Å²) in [4.78, 5) is 2.19. The Morgan fingerprint density at radius 1 is 1.31 bits per heavy atom. The predicted molar refractivity (Wildman–Crippen MR) is 56.0 cm³/mol. The quantitative estimate of drug-likeness (QED) is 0.461. The van der Waals surface area contributed by atoms with Crippen LogP contribution >= 0.6 is 0 Å². The lowest BCUT2D eigenvalue weighted by Gasteiger charge is -2.17. The Balaban J connectivity index is 3.27. The van der Waals surface area contributed by atoms with Crippen molar-refractivity contribution in [3.8, 4) is 0 Å². The van der Waals surface area contributed by atoms with Gasteiger partial charge in [0, 0.05) is 19.6 Å². The van der Waals surface area contributed by atoms with Gasteiger partial charge in [-0.25, -0.2) is 0 Å². The van der Waals surface area contributed by atoms with Crippen molar-refractivity contribution < 1.29 is 5.21 Å². The average molecular weight is 186 g/mol. The van der Waals surface area contributed by atoms with Crippen LogP contribution in [0.4, 0.5) is 0 Å². The molecule has 0 aromatic heterocycles. The highest BCUT2D eigenvalue weighted by molar-refractivity contribution is 4.70. The summed E-state index contributed by atoms with van der Waals surface area (Å²) in [5.41, 5.74) is 0. The van der Waals surface area contributed by atoms with Gasteiger partial charge in [-0.2, -0.15) is 5.06 Å². The number of hydrogen-bond donors (Lipinski definition) is 1. The first-order valence-corrected chi connectivity index (χ1v) is 4.94. The van der Waals surface area contributed by atoms with Gasteiger partial charge in [0.05, 0.1) is 0 Å². The zero-order valence-corrected chi connectivity index (χ0v) is 8.87. The minimum atomic E-state index is 0.759. The molecular formula is C10H22N2O. The third kappa shape index (κ3) is 7.96. The largest absolute Gasteiger partial charge is 0.314 e. The fourth-order valence-corrected chi connectivity index (χ4v) is 1.20. The van der Waals surface area contributed by atoms with Crippen molar-refractivity contribution in [1.82, 2.24) is 9.96 Å². The molecule has 0 atom stereocenters. The zero-order valence-electron chi connectivity index (χ0n) is 8.87. The molecule has 0 aliphatic carbocycles. The lowest BCUT2D eigenvalue weighted by Crippen LogP contribution is -2.26.